The number of carbonyl (C=O) groups is 2. The molecule has 1 aliphatic rings. The number of nitrogens with one attached hydrogen (secondary N) is 1. The van der Waals surface area contributed by atoms with Crippen molar-refractivity contribution in [2.24, 2.45) is 5.92 Å². The number of amides is 2. The number of hydrogen-bond acceptors (Lipinski definition) is 3. The zero-order valence-electron chi connectivity index (χ0n) is 11.1. The van der Waals surface area contributed by atoms with E-state index in [1.54, 1.807) is 0 Å². The van der Waals surface area contributed by atoms with Crippen LogP contribution in [0.25, 0.3) is 0 Å². The second kappa shape index (κ2) is 7.93. The summed E-state index contributed by atoms with van der Waals surface area (Å²) in [5.41, 5.74) is 0. The third-order valence-electron chi connectivity index (χ3n) is 3.12. The summed E-state index contributed by atoms with van der Waals surface area (Å²) in [6.45, 7) is 4.63. The van der Waals surface area contributed by atoms with E-state index < -0.39 is 0 Å². The highest BCUT2D eigenvalue weighted by atomic mass is 127. The lowest BCUT2D eigenvalue weighted by molar-refractivity contribution is -0.135. The minimum Gasteiger partial charge on any atom is -0.356 e. The Bertz CT molecular complexity index is 289. The molecule has 1 heterocycles. The molecule has 0 aliphatic carbocycles. The van der Waals surface area contributed by atoms with Crippen LogP contribution in [0, 0.1) is 5.92 Å². The first-order valence-corrected chi connectivity index (χ1v) is 7.43. The van der Waals surface area contributed by atoms with Crippen LogP contribution in [0.4, 0.5) is 0 Å². The Morgan fingerprint density at radius 2 is 2.00 bits per heavy atom. The van der Waals surface area contributed by atoms with Gasteiger partial charge in [0.05, 0.1) is 6.54 Å². The van der Waals surface area contributed by atoms with Crippen molar-refractivity contribution in [3.05, 3.63) is 0 Å². The van der Waals surface area contributed by atoms with Crippen molar-refractivity contribution in [1.82, 2.24) is 13.3 Å². The van der Waals surface area contributed by atoms with E-state index in [1.165, 1.54) is 0 Å². The van der Waals surface area contributed by atoms with E-state index in [2.05, 4.69) is 28.2 Å². The highest BCUT2D eigenvalue weighted by molar-refractivity contribution is 14.1. The van der Waals surface area contributed by atoms with E-state index in [0.717, 1.165) is 25.8 Å². The minimum atomic E-state index is 0.0814. The maximum absolute atomic E-state index is 11.8. The molecular weight excluding hydrogens is 345 g/mol. The Balaban J connectivity index is 2.32. The summed E-state index contributed by atoms with van der Waals surface area (Å²) in [5.74, 6) is 0.382. The fraction of sp³-hybridized carbons (Fsp3) is 0.833. The van der Waals surface area contributed by atoms with Crippen LogP contribution in [0.1, 0.15) is 26.2 Å². The molecule has 1 rings (SSSR count). The molecule has 18 heavy (non-hydrogen) atoms. The lowest BCUT2D eigenvalue weighted by Crippen LogP contribution is -2.45. The summed E-state index contributed by atoms with van der Waals surface area (Å²) in [4.78, 5) is 25.5. The van der Waals surface area contributed by atoms with Gasteiger partial charge in [0, 0.05) is 48.4 Å². The summed E-state index contributed by atoms with van der Waals surface area (Å²) < 4.78 is 1.85. The van der Waals surface area contributed by atoms with E-state index in [4.69, 9.17) is 0 Å². The normalized spacial score (nSPS) is 17.0. The average molecular weight is 367 g/mol. The van der Waals surface area contributed by atoms with Gasteiger partial charge >= 0.3 is 0 Å². The largest absolute Gasteiger partial charge is 0.356 e. The highest BCUT2D eigenvalue weighted by Gasteiger charge is 2.27. The Kier molecular flexibility index (Phi) is 6.91. The van der Waals surface area contributed by atoms with Gasteiger partial charge in [-0.05, 0) is 26.3 Å². The Labute approximate surface area is 123 Å². The molecule has 6 heteroatoms. The maximum Gasteiger partial charge on any atom is 0.237 e. The molecule has 0 aromatic carbocycles. The molecule has 1 saturated heterocycles. The summed E-state index contributed by atoms with van der Waals surface area (Å²) in [7, 11) is 1.88. The van der Waals surface area contributed by atoms with Crippen LogP contribution >= 0.6 is 22.9 Å². The third kappa shape index (κ3) is 5.09. The van der Waals surface area contributed by atoms with Crippen molar-refractivity contribution in [3.8, 4) is 0 Å². The summed E-state index contributed by atoms with van der Waals surface area (Å²) in [6, 6.07) is 0. The summed E-state index contributed by atoms with van der Waals surface area (Å²) in [5, 5.41) is 2.93. The number of nitrogens with zero attached hydrogens (tertiary/aromatic N) is 2. The van der Waals surface area contributed by atoms with Crippen LogP contribution in [-0.4, -0.2) is 53.1 Å². The van der Waals surface area contributed by atoms with Gasteiger partial charge in [0.2, 0.25) is 11.8 Å². The van der Waals surface area contributed by atoms with Crippen LogP contribution in [0.5, 0.6) is 0 Å². The van der Waals surface area contributed by atoms with Crippen LogP contribution in [-0.2, 0) is 9.59 Å². The molecule has 1 aliphatic heterocycles. The molecule has 5 nitrogen and oxygen atoms in total. The van der Waals surface area contributed by atoms with Crippen molar-refractivity contribution in [1.29, 1.82) is 0 Å². The SMILES string of the molecule is CCCNC(=O)C1CCN(C(=O)CN(C)I)CC1. The predicted octanol–water partition coefficient (Wildman–Crippen LogP) is 1.03. The van der Waals surface area contributed by atoms with Gasteiger partial charge in [-0.25, -0.2) is 3.11 Å². The molecule has 0 aromatic rings. The van der Waals surface area contributed by atoms with Crippen molar-refractivity contribution < 1.29 is 9.59 Å². The fourth-order valence-corrected chi connectivity index (χ4v) is 2.36. The zero-order chi connectivity index (χ0) is 13.5. The molecule has 0 atom stereocenters. The van der Waals surface area contributed by atoms with Gasteiger partial charge in [-0.3, -0.25) is 9.59 Å². The molecule has 0 saturated carbocycles. The van der Waals surface area contributed by atoms with Crippen LogP contribution in [0.3, 0.4) is 0 Å². The lowest BCUT2D eigenvalue weighted by atomic mass is 9.96. The van der Waals surface area contributed by atoms with E-state index in [-0.39, 0.29) is 17.7 Å². The molecule has 0 radical (unpaired) electrons. The first-order chi connectivity index (χ1) is 8.54. The predicted molar refractivity (Wildman–Crippen MR) is 79.3 cm³/mol. The molecular formula is C12H22IN3O2. The molecule has 0 bridgehead atoms. The zero-order valence-corrected chi connectivity index (χ0v) is 13.3. The smallest absolute Gasteiger partial charge is 0.237 e. The van der Waals surface area contributed by atoms with Gasteiger partial charge in [-0.2, -0.15) is 0 Å². The third-order valence-corrected chi connectivity index (χ3v) is 3.46. The van der Waals surface area contributed by atoms with E-state index in [1.807, 2.05) is 22.0 Å². The number of carbonyl (C=O) groups excluding carboxylic acids is 2. The van der Waals surface area contributed by atoms with Gasteiger partial charge in [0.1, 0.15) is 0 Å². The van der Waals surface area contributed by atoms with Gasteiger partial charge < -0.3 is 10.2 Å². The van der Waals surface area contributed by atoms with Gasteiger partial charge in [0.15, 0.2) is 0 Å². The average Bonchev–Trinajstić information content (AvgIpc) is 2.35. The number of halogens is 1. The van der Waals surface area contributed by atoms with E-state index in [0.29, 0.717) is 19.6 Å². The van der Waals surface area contributed by atoms with Gasteiger partial charge in [-0.1, -0.05) is 6.92 Å². The number of piperidine rings is 1. The number of rotatable bonds is 5. The molecule has 0 aromatic heterocycles. The van der Waals surface area contributed by atoms with Crippen molar-refractivity contribution in [2.45, 2.75) is 26.2 Å². The Morgan fingerprint density at radius 3 is 2.50 bits per heavy atom. The molecule has 0 unspecified atom stereocenters. The number of likely N-dealkylation sites (N-methyl/N-ethyl adjacent to an activating group) is 1. The first-order valence-electron chi connectivity index (χ1n) is 6.47. The monoisotopic (exact) mass is 367 g/mol. The number of hydrogen-bond donors (Lipinski definition) is 1. The minimum absolute atomic E-state index is 0.0814. The van der Waals surface area contributed by atoms with E-state index >= 15 is 0 Å². The van der Waals surface area contributed by atoms with Crippen molar-refractivity contribution >= 4 is 34.7 Å². The van der Waals surface area contributed by atoms with Gasteiger partial charge in [0.25, 0.3) is 0 Å². The maximum atomic E-state index is 11.8. The Morgan fingerprint density at radius 1 is 1.39 bits per heavy atom. The van der Waals surface area contributed by atoms with Crippen LogP contribution in [0.15, 0.2) is 0 Å². The number of likely N-dealkylation sites (tertiary alicyclic amines) is 1. The van der Waals surface area contributed by atoms with Crippen molar-refractivity contribution in [3.63, 3.8) is 0 Å². The van der Waals surface area contributed by atoms with Gasteiger partial charge in [-0.15, -0.1) is 0 Å². The second-order valence-corrected chi connectivity index (χ2v) is 6.36. The van der Waals surface area contributed by atoms with Crippen molar-refractivity contribution in [2.75, 3.05) is 33.2 Å². The first kappa shape index (κ1) is 15.7. The molecule has 0 spiro atoms. The van der Waals surface area contributed by atoms with Crippen LogP contribution in [0.2, 0.25) is 0 Å². The highest BCUT2D eigenvalue weighted by Crippen LogP contribution is 2.17. The second-order valence-electron chi connectivity index (χ2n) is 4.71. The molecule has 2 amide bonds. The topological polar surface area (TPSA) is 52.7 Å². The summed E-state index contributed by atoms with van der Waals surface area (Å²) in [6.07, 6.45) is 2.53. The molecule has 1 N–H and O–H groups in total. The quantitative estimate of drug-likeness (QED) is 0.584. The summed E-state index contributed by atoms with van der Waals surface area (Å²) >= 11 is 2.11. The molecule has 1 fully saturated rings. The Hall–Kier alpha value is -0.370. The van der Waals surface area contributed by atoms with Crippen LogP contribution < -0.4 is 5.32 Å². The van der Waals surface area contributed by atoms with E-state index in [9.17, 15) is 9.59 Å². The lowest BCUT2D eigenvalue weighted by Gasteiger charge is -2.31. The fourth-order valence-electron chi connectivity index (χ4n) is 2.07. The standard InChI is InChI=1S/C12H22IN3O2/c1-3-6-14-12(18)10-4-7-16(8-5-10)11(17)9-15(2)13/h10H,3-9H2,1-2H3,(H,14,18). The molecule has 104 valence electrons.